The van der Waals surface area contributed by atoms with E-state index in [9.17, 15) is 0 Å². The largest absolute Gasteiger partial charge is 0.367 e. The fraction of sp³-hybridized carbons (Fsp3) is 0.286. The van der Waals surface area contributed by atoms with E-state index >= 15 is 0 Å². The topological polar surface area (TPSA) is 75.9 Å². The van der Waals surface area contributed by atoms with E-state index in [0.29, 0.717) is 12.0 Å². The molecule has 6 heteroatoms. The number of hydrazine groups is 1. The highest BCUT2D eigenvalue weighted by Crippen LogP contribution is 2.21. The number of aromatic nitrogens is 2. The Morgan fingerprint density at radius 3 is 2.75 bits per heavy atom. The van der Waals surface area contributed by atoms with E-state index in [1.54, 1.807) is 6.20 Å². The van der Waals surface area contributed by atoms with E-state index in [0.717, 1.165) is 23.1 Å². The lowest BCUT2D eigenvalue weighted by Gasteiger charge is -2.16. The Hall–Kier alpha value is -1.66. The van der Waals surface area contributed by atoms with Crippen LogP contribution in [0.2, 0.25) is 0 Å². The molecule has 1 aromatic heterocycles. The van der Waals surface area contributed by atoms with Gasteiger partial charge in [0.1, 0.15) is 5.82 Å². The molecule has 1 atom stereocenters. The monoisotopic (exact) mass is 335 g/mol. The molecule has 0 fully saturated rings. The van der Waals surface area contributed by atoms with Crippen LogP contribution in [0, 0.1) is 0 Å². The average molecular weight is 336 g/mol. The number of rotatable bonds is 6. The summed E-state index contributed by atoms with van der Waals surface area (Å²) in [5.74, 6) is 6.45. The molecule has 0 aliphatic heterocycles. The van der Waals surface area contributed by atoms with Crippen molar-refractivity contribution in [2.24, 2.45) is 5.84 Å². The molecule has 2 aromatic rings. The summed E-state index contributed by atoms with van der Waals surface area (Å²) in [5.41, 5.74) is 3.78. The van der Waals surface area contributed by atoms with Gasteiger partial charge in [-0.15, -0.1) is 0 Å². The SMILES string of the molecule is CC(CCc1ccccc1)Nc1nc(NN)ncc1Br. The first kappa shape index (κ1) is 14.7. The van der Waals surface area contributed by atoms with Crippen LogP contribution in [0.4, 0.5) is 11.8 Å². The summed E-state index contributed by atoms with van der Waals surface area (Å²) in [6.07, 6.45) is 3.72. The van der Waals surface area contributed by atoms with Gasteiger partial charge in [0.05, 0.1) is 4.47 Å². The van der Waals surface area contributed by atoms with Gasteiger partial charge in [-0.2, -0.15) is 4.98 Å². The zero-order valence-corrected chi connectivity index (χ0v) is 12.9. The van der Waals surface area contributed by atoms with E-state index in [1.807, 2.05) is 6.07 Å². The van der Waals surface area contributed by atoms with E-state index in [-0.39, 0.29) is 0 Å². The number of benzene rings is 1. The normalized spacial score (nSPS) is 11.9. The molecule has 0 spiro atoms. The number of nitrogens with zero attached hydrogens (tertiary/aromatic N) is 2. The maximum absolute atomic E-state index is 5.32. The van der Waals surface area contributed by atoms with Crippen molar-refractivity contribution in [3.8, 4) is 0 Å². The van der Waals surface area contributed by atoms with Crippen molar-refractivity contribution >= 4 is 27.7 Å². The fourth-order valence-electron chi connectivity index (χ4n) is 1.87. The Kier molecular flexibility index (Phi) is 5.31. The second-order valence-corrected chi connectivity index (χ2v) is 5.46. The maximum atomic E-state index is 5.32. The molecule has 1 heterocycles. The third-order valence-corrected chi connectivity index (χ3v) is 3.55. The van der Waals surface area contributed by atoms with E-state index in [1.165, 1.54) is 5.56 Å². The van der Waals surface area contributed by atoms with Gasteiger partial charge in [0.15, 0.2) is 0 Å². The van der Waals surface area contributed by atoms with Crippen LogP contribution in [0.5, 0.6) is 0 Å². The van der Waals surface area contributed by atoms with Crippen LogP contribution >= 0.6 is 15.9 Å². The van der Waals surface area contributed by atoms with Gasteiger partial charge in [0, 0.05) is 12.2 Å². The van der Waals surface area contributed by atoms with Crippen molar-refractivity contribution in [2.45, 2.75) is 25.8 Å². The van der Waals surface area contributed by atoms with Crippen LogP contribution in [-0.2, 0) is 6.42 Å². The molecule has 2 rings (SSSR count). The molecule has 0 aliphatic rings. The van der Waals surface area contributed by atoms with Gasteiger partial charge in [0.25, 0.3) is 0 Å². The van der Waals surface area contributed by atoms with Crippen molar-refractivity contribution in [3.63, 3.8) is 0 Å². The minimum atomic E-state index is 0.298. The number of nitrogens with two attached hydrogens (primary N) is 1. The molecular weight excluding hydrogens is 318 g/mol. The second-order valence-electron chi connectivity index (χ2n) is 4.60. The van der Waals surface area contributed by atoms with E-state index < -0.39 is 0 Å². The van der Waals surface area contributed by atoms with Crippen molar-refractivity contribution < 1.29 is 0 Å². The molecule has 0 saturated heterocycles. The van der Waals surface area contributed by atoms with Crippen molar-refractivity contribution in [2.75, 3.05) is 10.7 Å². The molecule has 1 aromatic carbocycles. The highest BCUT2D eigenvalue weighted by molar-refractivity contribution is 9.10. The molecule has 0 saturated carbocycles. The molecule has 1 unspecified atom stereocenters. The van der Waals surface area contributed by atoms with Gasteiger partial charge >= 0.3 is 0 Å². The van der Waals surface area contributed by atoms with Gasteiger partial charge < -0.3 is 5.32 Å². The van der Waals surface area contributed by atoms with Crippen molar-refractivity contribution in [1.29, 1.82) is 0 Å². The third-order valence-electron chi connectivity index (χ3n) is 2.97. The van der Waals surface area contributed by atoms with Gasteiger partial charge in [-0.25, -0.2) is 10.8 Å². The highest BCUT2D eigenvalue weighted by atomic mass is 79.9. The minimum absolute atomic E-state index is 0.298. The first-order valence-corrected chi connectivity index (χ1v) is 7.28. The smallest absolute Gasteiger partial charge is 0.239 e. The lowest BCUT2D eigenvalue weighted by molar-refractivity contribution is 0.702. The molecule has 20 heavy (non-hydrogen) atoms. The van der Waals surface area contributed by atoms with E-state index in [2.05, 4.69) is 67.8 Å². The number of hydrogen-bond donors (Lipinski definition) is 3. The van der Waals surface area contributed by atoms with Gasteiger partial charge in [-0.3, -0.25) is 5.43 Å². The zero-order chi connectivity index (χ0) is 14.4. The molecule has 0 amide bonds. The van der Waals surface area contributed by atoms with Crippen LogP contribution in [0.1, 0.15) is 18.9 Å². The lowest BCUT2D eigenvalue weighted by atomic mass is 10.1. The molecular formula is C14H18BrN5. The Labute approximate surface area is 127 Å². The molecule has 0 bridgehead atoms. The Morgan fingerprint density at radius 1 is 1.30 bits per heavy atom. The molecule has 5 nitrogen and oxygen atoms in total. The van der Waals surface area contributed by atoms with Crippen LogP contribution in [0.25, 0.3) is 0 Å². The Balaban J connectivity index is 1.92. The van der Waals surface area contributed by atoms with Gasteiger partial charge in [0.2, 0.25) is 5.95 Å². The van der Waals surface area contributed by atoms with Crippen LogP contribution in [0.15, 0.2) is 41.0 Å². The summed E-state index contributed by atoms with van der Waals surface area (Å²) in [6, 6.07) is 10.7. The number of anilines is 2. The number of aryl methyl sites for hydroxylation is 1. The van der Waals surface area contributed by atoms with E-state index in [4.69, 9.17) is 5.84 Å². The summed E-state index contributed by atoms with van der Waals surface area (Å²) in [4.78, 5) is 8.30. The standard InChI is InChI=1S/C14H18BrN5/c1-10(7-8-11-5-3-2-4-6-11)18-13-12(15)9-17-14(19-13)20-16/h2-6,9-10H,7-8,16H2,1H3,(H2,17,18,19,20). The summed E-state index contributed by atoms with van der Waals surface area (Å²) < 4.78 is 0.822. The van der Waals surface area contributed by atoms with Crippen molar-refractivity contribution in [3.05, 3.63) is 46.6 Å². The third kappa shape index (κ3) is 4.18. The lowest BCUT2D eigenvalue weighted by Crippen LogP contribution is -2.19. The van der Waals surface area contributed by atoms with Crippen molar-refractivity contribution in [1.82, 2.24) is 9.97 Å². The number of nitrogen functional groups attached to an aromatic ring is 1. The zero-order valence-electron chi connectivity index (χ0n) is 11.3. The predicted molar refractivity (Wildman–Crippen MR) is 85.4 cm³/mol. The summed E-state index contributed by atoms with van der Waals surface area (Å²) in [5, 5.41) is 3.36. The summed E-state index contributed by atoms with van der Waals surface area (Å²) in [7, 11) is 0. The quantitative estimate of drug-likeness (QED) is 0.559. The predicted octanol–water partition coefficient (Wildman–Crippen LogP) is 2.96. The minimum Gasteiger partial charge on any atom is -0.367 e. The van der Waals surface area contributed by atoms with Gasteiger partial charge in [-0.05, 0) is 41.3 Å². The number of hydrogen-bond acceptors (Lipinski definition) is 5. The first-order valence-electron chi connectivity index (χ1n) is 6.48. The second kappa shape index (κ2) is 7.21. The summed E-state index contributed by atoms with van der Waals surface area (Å²) >= 11 is 3.43. The highest BCUT2D eigenvalue weighted by Gasteiger charge is 2.08. The van der Waals surface area contributed by atoms with Crippen LogP contribution < -0.4 is 16.6 Å². The first-order chi connectivity index (χ1) is 9.69. The molecule has 0 radical (unpaired) electrons. The van der Waals surface area contributed by atoms with Gasteiger partial charge in [-0.1, -0.05) is 30.3 Å². The number of nitrogens with one attached hydrogen (secondary N) is 2. The Bertz CT molecular complexity index is 547. The summed E-state index contributed by atoms with van der Waals surface area (Å²) in [6.45, 7) is 2.13. The molecule has 0 aliphatic carbocycles. The number of halogens is 1. The Morgan fingerprint density at radius 2 is 2.05 bits per heavy atom. The average Bonchev–Trinajstić information content (AvgIpc) is 2.48. The molecule has 106 valence electrons. The maximum Gasteiger partial charge on any atom is 0.239 e. The molecule has 4 N–H and O–H groups in total. The fourth-order valence-corrected chi connectivity index (χ4v) is 2.18. The van der Waals surface area contributed by atoms with Crippen LogP contribution in [0.3, 0.4) is 0 Å². The van der Waals surface area contributed by atoms with Crippen LogP contribution in [-0.4, -0.2) is 16.0 Å².